The highest BCUT2D eigenvalue weighted by molar-refractivity contribution is 5.22. The molecule has 3 rings (SSSR count). The molecule has 0 aromatic heterocycles. The SMILES string of the molecule is CNC(c1ccccc1)[N@]1C[N@]1CC1=CC=CC(C)C1. The third kappa shape index (κ3) is 3.01. The molecule has 1 saturated heterocycles. The second-order valence-electron chi connectivity index (χ2n) is 5.74. The first-order chi connectivity index (χ1) is 9.78. The van der Waals surface area contributed by atoms with Crippen LogP contribution in [0.3, 0.4) is 0 Å². The van der Waals surface area contributed by atoms with Gasteiger partial charge in [-0.1, -0.05) is 61.1 Å². The summed E-state index contributed by atoms with van der Waals surface area (Å²) in [4.78, 5) is 0. The maximum Gasteiger partial charge on any atom is 0.101 e. The summed E-state index contributed by atoms with van der Waals surface area (Å²) in [6.45, 7) is 4.37. The zero-order valence-corrected chi connectivity index (χ0v) is 12.3. The second-order valence-corrected chi connectivity index (χ2v) is 5.74. The van der Waals surface area contributed by atoms with E-state index in [0.717, 1.165) is 13.2 Å². The number of hydrazine groups is 1. The fourth-order valence-electron chi connectivity index (χ4n) is 2.93. The van der Waals surface area contributed by atoms with Gasteiger partial charge >= 0.3 is 0 Å². The van der Waals surface area contributed by atoms with Crippen molar-refractivity contribution in [1.29, 1.82) is 0 Å². The lowest BCUT2D eigenvalue weighted by Crippen LogP contribution is -2.27. The van der Waals surface area contributed by atoms with Gasteiger partial charge in [0, 0.05) is 6.54 Å². The van der Waals surface area contributed by atoms with E-state index in [1.807, 2.05) is 7.05 Å². The van der Waals surface area contributed by atoms with E-state index >= 15 is 0 Å². The van der Waals surface area contributed by atoms with Crippen LogP contribution in [0.5, 0.6) is 0 Å². The van der Waals surface area contributed by atoms with Crippen molar-refractivity contribution >= 4 is 0 Å². The van der Waals surface area contributed by atoms with Crippen molar-refractivity contribution in [3.8, 4) is 0 Å². The normalized spacial score (nSPS) is 29.9. The standard InChI is InChI=1S/C17H23N3/c1-14-7-6-8-15(11-14)12-19-13-20(19)17(18-2)16-9-4-3-5-10-16/h3-10,14,17-18H,11-13H2,1-2H3/t14?,17?,19-,20-/m0/s1. The molecule has 0 bridgehead atoms. The average molecular weight is 269 g/mol. The molecule has 1 aliphatic carbocycles. The Balaban J connectivity index is 1.61. The molecule has 0 amide bonds. The molecule has 3 heteroatoms. The Hall–Kier alpha value is -1.42. The topological polar surface area (TPSA) is 18.0 Å². The monoisotopic (exact) mass is 269 g/mol. The Morgan fingerprint density at radius 1 is 1.30 bits per heavy atom. The van der Waals surface area contributed by atoms with E-state index in [0.29, 0.717) is 5.92 Å². The van der Waals surface area contributed by atoms with Gasteiger partial charge < -0.3 is 0 Å². The Labute approximate surface area is 121 Å². The minimum absolute atomic E-state index is 0.286. The van der Waals surface area contributed by atoms with Crippen LogP contribution in [0, 0.1) is 5.92 Å². The van der Waals surface area contributed by atoms with Crippen molar-refractivity contribution in [1.82, 2.24) is 15.3 Å². The number of rotatable bonds is 5. The molecule has 3 nitrogen and oxygen atoms in total. The van der Waals surface area contributed by atoms with Crippen LogP contribution in [0.1, 0.15) is 25.1 Å². The summed E-state index contributed by atoms with van der Waals surface area (Å²) in [5.41, 5.74) is 2.86. The molecule has 20 heavy (non-hydrogen) atoms. The van der Waals surface area contributed by atoms with E-state index in [1.165, 1.54) is 17.6 Å². The lowest BCUT2D eigenvalue weighted by molar-refractivity contribution is 0.224. The lowest BCUT2D eigenvalue weighted by atomic mass is 9.96. The molecule has 4 atom stereocenters. The van der Waals surface area contributed by atoms with E-state index in [-0.39, 0.29) is 6.17 Å². The first kappa shape index (κ1) is 13.6. The van der Waals surface area contributed by atoms with Crippen LogP contribution in [0.15, 0.2) is 54.1 Å². The van der Waals surface area contributed by atoms with Crippen molar-refractivity contribution in [3.05, 3.63) is 59.7 Å². The molecular weight excluding hydrogens is 246 g/mol. The van der Waals surface area contributed by atoms with Gasteiger partial charge in [0.05, 0.1) is 6.67 Å². The highest BCUT2D eigenvalue weighted by Gasteiger charge is 2.37. The summed E-state index contributed by atoms with van der Waals surface area (Å²) in [7, 11) is 2.03. The lowest BCUT2D eigenvalue weighted by Gasteiger charge is -2.20. The fourth-order valence-corrected chi connectivity index (χ4v) is 2.93. The largest absolute Gasteiger partial charge is 0.300 e. The van der Waals surface area contributed by atoms with Gasteiger partial charge in [-0.25, -0.2) is 10.0 Å². The first-order valence-corrected chi connectivity index (χ1v) is 7.38. The molecule has 2 aliphatic rings. The van der Waals surface area contributed by atoms with Crippen molar-refractivity contribution < 1.29 is 0 Å². The predicted octanol–water partition coefficient (Wildman–Crippen LogP) is 2.92. The number of hydrogen-bond acceptors (Lipinski definition) is 3. The second kappa shape index (κ2) is 5.92. The maximum absolute atomic E-state index is 3.41. The third-order valence-electron chi connectivity index (χ3n) is 4.01. The summed E-state index contributed by atoms with van der Waals surface area (Å²) in [6, 6.07) is 10.6. The summed E-state index contributed by atoms with van der Waals surface area (Å²) in [5, 5.41) is 8.20. The van der Waals surface area contributed by atoms with E-state index < -0.39 is 0 Å². The fraction of sp³-hybridized carbons (Fsp3) is 0.412. The molecular formula is C17H23N3. The quantitative estimate of drug-likeness (QED) is 0.829. The molecule has 1 N–H and O–H groups in total. The maximum atomic E-state index is 3.41. The summed E-state index contributed by atoms with van der Waals surface area (Å²) in [5.74, 6) is 0.678. The molecule has 0 spiro atoms. The van der Waals surface area contributed by atoms with Crippen LogP contribution in [0.4, 0.5) is 0 Å². The number of hydrogen-bond donors (Lipinski definition) is 1. The van der Waals surface area contributed by atoms with Gasteiger partial charge in [0.1, 0.15) is 6.17 Å². The molecule has 1 aliphatic heterocycles. The smallest absolute Gasteiger partial charge is 0.101 e. The summed E-state index contributed by atoms with van der Waals surface area (Å²) in [6.07, 6.45) is 8.23. The van der Waals surface area contributed by atoms with Crippen LogP contribution in [-0.4, -0.2) is 30.3 Å². The molecule has 0 saturated carbocycles. The van der Waals surface area contributed by atoms with E-state index in [2.05, 4.69) is 70.8 Å². The zero-order chi connectivity index (χ0) is 13.9. The Morgan fingerprint density at radius 2 is 2.10 bits per heavy atom. The van der Waals surface area contributed by atoms with Gasteiger partial charge in [0.2, 0.25) is 0 Å². The summed E-state index contributed by atoms with van der Waals surface area (Å²) >= 11 is 0. The highest BCUT2D eigenvalue weighted by Crippen LogP contribution is 2.30. The van der Waals surface area contributed by atoms with E-state index in [1.54, 1.807) is 0 Å². The molecule has 106 valence electrons. The van der Waals surface area contributed by atoms with Gasteiger partial charge in [-0.15, -0.1) is 0 Å². The van der Waals surface area contributed by atoms with Crippen LogP contribution >= 0.6 is 0 Å². The minimum Gasteiger partial charge on any atom is -0.300 e. The molecule has 0 radical (unpaired) electrons. The average Bonchev–Trinajstić information content (AvgIpc) is 3.20. The summed E-state index contributed by atoms with van der Waals surface area (Å²) < 4.78 is 0. The number of nitrogens with one attached hydrogen (secondary N) is 1. The van der Waals surface area contributed by atoms with Crippen molar-refractivity contribution in [3.63, 3.8) is 0 Å². The van der Waals surface area contributed by atoms with E-state index in [9.17, 15) is 0 Å². The molecule has 1 aromatic carbocycles. The molecule has 1 aromatic rings. The van der Waals surface area contributed by atoms with Crippen molar-refractivity contribution in [2.45, 2.75) is 19.5 Å². The van der Waals surface area contributed by atoms with Gasteiger partial charge in [0.25, 0.3) is 0 Å². The van der Waals surface area contributed by atoms with Crippen LogP contribution in [-0.2, 0) is 0 Å². The Kier molecular flexibility index (Phi) is 4.01. The van der Waals surface area contributed by atoms with Gasteiger partial charge in [0.15, 0.2) is 0 Å². The number of allylic oxidation sites excluding steroid dienone is 3. The number of benzene rings is 1. The first-order valence-electron chi connectivity index (χ1n) is 7.38. The Morgan fingerprint density at radius 3 is 2.80 bits per heavy atom. The van der Waals surface area contributed by atoms with Crippen molar-refractivity contribution in [2.24, 2.45) is 5.92 Å². The molecule has 1 heterocycles. The minimum atomic E-state index is 0.286. The van der Waals surface area contributed by atoms with E-state index in [4.69, 9.17) is 0 Å². The molecule has 2 unspecified atom stereocenters. The Bertz CT molecular complexity index is 506. The predicted molar refractivity (Wildman–Crippen MR) is 82.7 cm³/mol. The highest BCUT2D eigenvalue weighted by atomic mass is 15.8. The van der Waals surface area contributed by atoms with Gasteiger partial charge in [-0.3, -0.25) is 5.32 Å². The number of nitrogens with zero attached hydrogens (tertiary/aromatic N) is 2. The third-order valence-corrected chi connectivity index (χ3v) is 4.01. The molecule has 1 fully saturated rings. The van der Waals surface area contributed by atoms with Gasteiger partial charge in [-0.05, 0) is 24.9 Å². The van der Waals surface area contributed by atoms with Crippen LogP contribution in [0.2, 0.25) is 0 Å². The zero-order valence-electron chi connectivity index (χ0n) is 12.3. The van der Waals surface area contributed by atoms with Crippen LogP contribution < -0.4 is 5.32 Å². The van der Waals surface area contributed by atoms with Crippen LogP contribution in [0.25, 0.3) is 0 Å². The van der Waals surface area contributed by atoms with Crippen molar-refractivity contribution in [2.75, 3.05) is 20.3 Å². The van der Waals surface area contributed by atoms with Gasteiger partial charge in [-0.2, -0.15) is 0 Å².